The second-order valence-electron chi connectivity index (χ2n) is 3.89. The lowest BCUT2D eigenvalue weighted by Gasteiger charge is -2.01. The number of aromatic amines is 1. The molecule has 0 spiro atoms. The summed E-state index contributed by atoms with van der Waals surface area (Å²) in [6.45, 7) is 4.15. The van der Waals surface area contributed by atoms with Gasteiger partial charge in [-0.15, -0.1) is 0 Å². The number of aldehydes is 1. The lowest BCUT2D eigenvalue weighted by atomic mass is 10.0. The molecular formula is C12H12BrNO. The molecule has 0 amide bonds. The first-order valence-electron chi connectivity index (χ1n) is 4.90. The second-order valence-corrected chi connectivity index (χ2v) is 4.74. The molecule has 0 saturated carbocycles. The first kappa shape index (κ1) is 10.4. The fourth-order valence-electron chi connectivity index (χ4n) is 1.83. The zero-order chi connectivity index (χ0) is 11.0. The molecule has 2 rings (SSSR count). The van der Waals surface area contributed by atoms with Crippen molar-refractivity contribution in [1.29, 1.82) is 0 Å². The summed E-state index contributed by atoms with van der Waals surface area (Å²) >= 11 is 3.47. The van der Waals surface area contributed by atoms with Crippen LogP contribution in [-0.2, 0) is 0 Å². The van der Waals surface area contributed by atoms with Gasteiger partial charge in [0.2, 0.25) is 0 Å². The normalized spacial score (nSPS) is 11.2. The van der Waals surface area contributed by atoms with Crippen LogP contribution in [0.15, 0.2) is 22.7 Å². The summed E-state index contributed by atoms with van der Waals surface area (Å²) in [5.74, 6) is 0.324. The number of rotatable bonds is 2. The van der Waals surface area contributed by atoms with Gasteiger partial charge in [-0.1, -0.05) is 35.8 Å². The second kappa shape index (κ2) is 3.81. The van der Waals surface area contributed by atoms with Crippen LogP contribution in [0.3, 0.4) is 0 Å². The highest BCUT2D eigenvalue weighted by atomic mass is 79.9. The Morgan fingerprint density at radius 3 is 2.73 bits per heavy atom. The largest absolute Gasteiger partial charge is 0.358 e. The maximum absolute atomic E-state index is 11.1. The number of nitrogens with one attached hydrogen (secondary N) is 1. The van der Waals surface area contributed by atoms with Gasteiger partial charge < -0.3 is 4.98 Å². The van der Waals surface area contributed by atoms with E-state index in [1.807, 2.05) is 18.2 Å². The molecule has 3 heteroatoms. The van der Waals surface area contributed by atoms with Gasteiger partial charge in [-0.05, 0) is 18.1 Å². The van der Waals surface area contributed by atoms with Crippen LogP contribution in [0.5, 0.6) is 0 Å². The predicted octanol–water partition coefficient (Wildman–Crippen LogP) is 3.87. The molecule has 0 aliphatic rings. The molecule has 0 aliphatic carbocycles. The topological polar surface area (TPSA) is 32.9 Å². The number of carbonyl (C=O) groups excluding carboxylic acids is 1. The maximum atomic E-state index is 11.1. The van der Waals surface area contributed by atoms with Crippen LogP contribution < -0.4 is 0 Å². The third-order valence-electron chi connectivity index (χ3n) is 2.54. The molecule has 1 aromatic carbocycles. The van der Waals surface area contributed by atoms with Crippen molar-refractivity contribution >= 4 is 33.1 Å². The Bertz CT molecular complexity index is 514. The molecular weight excluding hydrogens is 254 g/mol. The van der Waals surface area contributed by atoms with Crippen LogP contribution in [0, 0.1) is 0 Å². The van der Waals surface area contributed by atoms with Crippen molar-refractivity contribution in [2.45, 2.75) is 19.8 Å². The average Bonchev–Trinajstić information content (AvgIpc) is 2.57. The van der Waals surface area contributed by atoms with Crippen molar-refractivity contribution in [3.63, 3.8) is 0 Å². The smallest absolute Gasteiger partial charge is 0.152 e. The predicted molar refractivity (Wildman–Crippen MR) is 65.5 cm³/mol. The van der Waals surface area contributed by atoms with Crippen LogP contribution in [0.4, 0.5) is 0 Å². The van der Waals surface area contributed by atoms with Gasteiger partial charge in [-0.25, -0.2) is 0 Å². The molecule has 0 atom stereocenters. The van der Waals surface area contributed by atoms with Crippen LogP contribution in [0.1, 0.15) is 35.8 Å². The van der Waals surface area contributed by atoms with E-state index in [-0.39, 0.29) is 0 Å². The van der Waals surface area contributed by atoms with E-state index in [4.69, 9.17) is 0 Å². The number of carbonyl (C=O) groups is 1. The van der Waals surface area contributed by atoms with Gasteiger partial charge in [0.1, 0.15) is 0 Å². The minimum absolute atomic E-state index is 0.324. The number of H-pyrrole nitrogens is 1. The average molecular weight is 266 g/mol. The molecule has 0 fully saturated rings. The highest BCUT2D eigenvalue weighted by Crippen LogP contribution is 2.31. The van der Waals surface area contributed by atoms with E-state index in [1.165, 1.54) is 0 Å². The first-order valence-corrected chi connectivity index (χ1v) is 5.69. The van der Waals surface area contributed by atoms with E-state index in [9.17, 15) is 4.79 Å². The highest BCUT2D eigenvalue weighted by Gasteiger charge is 2.14. The molecule has 0 unspecified atom stereocenters. The molecule has 0 radical (unpaired) electrons. The fraction of sp³-hybridized carbons (Fsp3) is 0.250. The summed E-state index contributed by atoms with van der Waals surface area (Å²) in [6.07, 6.45) is 0.929. The summed E-state index contributed by atoms with van der Waals surface area (Å²) in [4.78, 5) is 14.4. The fourth-order valence-corrected chi connectivity index (χ4v) is 2.41. The van der Waals surface area contributed by atoms with Gasteiger partial charge in [-0.3, -0.25) is 4.79 Å². The van der Waals surface area contributed by atoms with E-state index >= 15 is 0 Å². The number of benzene rings is 1. The summed E-state index contributed by atoms with van der Waals surface area (Å²) < 4.78 is 0.963. The Morgan fingerprint density at radius 1 is 1.40 bits per heavy atom. The maximum Gasteiger partial charge on any atom is 0.152 e. The minimum atomic E-state index is 0.324. The molecule has 1 heterocycles. The SMILES string of the molecule is CC(C)c1[nH]c2cccc(Br)c2c1C=O. The summed E-state index contributed by atoms with van der Waals surface area (Å²) in [7, 11) is 0. The molecule has 1 aromatic heterocycles. The Labute approximate surface area is 96.8 Å². The van der Waals surface area contributed by atoms with Crippen molar-refractivity contribution in [2.24, 2.45) is 0 Å². The molecule has 78 valence electrons. The van der Waals surface area contributed by atoms with E-state index in [0.29, 0.717) is 5.92 Å². The number of fused-ring (bicyclic) bond motifs is 1. The number of aromatic nitrogens is 1. The van der Waals surface area contributed by atoms with Gasteiger partial charge in [0, 0.05) is 26.6 Å². The molecule has 0 bridgehead atoms. The van der Waals surface area contributed by atoms with Crippen LogP contribution in [-0.4, -0.2) is 11.3 Å². The van der Waals surface area contributed by atoms with Crippen molar-refractivity contribution < 1.29 is 4.79 Å². The molecule has 1 N–H and O–H groups in total. The quantitative estimate of drug-likeness (QED) is 0.822. The van der Waals surface area contributed by atoms with Crippen molar-refractivity contribution in [3.05, 3.63) is 33.9 Å². The molecule has 15 heavy (non-hydrogen) atoms. The number of halogens is 1. The third kappa shape index (κ3) is 1.61. The van der Waals surface area contributed by atoms with Crippen molar-refractivity contribution in [3.8, 4) is 0 Å². The van der Waals surface area contributed by atoms with E-state index in [2.05, 4.69) is 34.8 Å². The third-order valence-corrected chi connectivity index (χ3v) is 3.20. The van der Waals surface area contributed by atoms with Gasteiger partial charge in [0.15, 0.2) is 6.29 Å². The summed E-state index contributed by atoms with van der Waals surface area (Å²) in [6, 6.07) is 5.90. The Morgan fingerprint density at radius 2 is 2.13 bits per heavy atom. The van der Waals surface area contributed by atoms with Crippen LogP contribution >= 0.6 is 15.9 Å². The monoisotopic (exact) mass is 265 g/mol. The number of hydrogen-bond donors (Lipinski definition) is 1. The van der Waals surface area contributed by atoms with Gasteiger partial charge in [-0.2, -0.15) is 0 Å². The zero-order valence-electron chi connectivity index (χ0n) is 8.67. The van der Waals surface area contributed by atoms with Gasteiger partial charge >= 0.3 is 0 Å². The number of hydrogen-bond acceptors (Lipinski definition) is 1. The van der Waals surface area contributed by atoms with Crippen molar-refractivity contribution in [1.82, 2.24) is 4.98 Å². The van der Waals surface area contributed by atoms with E-state index in [0.717, 1.165) is 32.9 Å². The highest BCUT2D eigenvalue weighted by molar-refractivity contribution is 9.10. The molecule has 0 aliphatic heterocycles. The van der Waals surface area contributed by atoms with Crippen LogP contribution in [0.25, 0.3) is 10.9 Å². The molecule has 2 nitrogen and oxygen atoms in total. The first-order chi connectivity index (χ1) is 7.15. The lowest BCUT2D eigenvalue weighted by Crippen LogP contribution is -1.92. The van der Waals surface area contributed by atoms with Crippen molar-refractivity contribution in [2.75, 3.05) is 0 Å². The minimum Gasteiger partial charge on any atom is -0.358 e. The van der Waals surface area contributed by atoms with E-state index in [1.54, 1.807) is 0 Å². The Kier molecular flexibility index (Phi) is 2.65. The van der Waals surface area contributed by atoms with Gasteiger partial charge in [0.25, 0.3) is 0 Å². The Balaban J connectivity index is 2.86. The van der Waals surface area contributed by atoms with Gasteiger partial charge in [0.05, 0.1) is 0 Å². The van der Waals surface area contributed by atoms with Crippen LogP contribution in [0.2, 0.25) is 0 Å². The Hall–Kier alpha value is -1.09. The van der Waals surface area contributed by atoms with E-state index < -0.39 is 0 Å². The summed E-state index contributed by atoms with van der Waals surface area (Å²) in [5.41, 5.74) is 2.79. The standard InChI is InChI=1S/C12H12BrNO/c1-7(2)12-8(6-15)11-9(13)4-3-5-10(11)14-12/h3-7,14H,1-2H3. The lowest BCUT2D eigenvalue weighted by molar-refractivity contribution is 0.112. The molecule has 0 saturated heterocycles. The molecule has 2 aromatic rings. The zero-order valence-corrected chi connectivity index (χ0v) is 10.3. The summed E-state index contributed by atoms with van der Waals surface area (Å²) in [5, 5.41) is 0.983.